The molecule has 0 aromatic carbocycles. The molecule has 9 heavy (non-hydrogen) atoms. The van der Waals surface area contributed by atoms with Gasteiger partial charge in [0.25, 0.3) is 0 Å². The molecule has 0 spiro atoms. The first kappa shape index (κ1) is 6.25. The van der Waals surface area contributed by atoms with Crippen LogP contribution in [0.2, 0.25) is 0 Å². The quantitative estimate of drug-likeness (QED) is 0.494. The second kappa shape index (κ2) is 2.16. The van der Waals surface area contributed by atoms with Gasteiger partial charge >= 0.3 is 0 Å². The van der Waals surface area contributed by atoms with Crippen molar-refractivity contribution in [1.82, 2.24) is 9.55 Å². The van der Waals surface area contributed by atoms with Gasteiger partial charge in [-0.3, -0.25) is 5.73 Å². The van der Waals surface area contributed by atoms with E-state index in [2.05, 4.69) is 4.98 Å². The fourth-order valence-corrected chi connectivity index (χ4v) is 0.662. The molecular weight excluding hydrogens is 118 g/mol. The van der Waals surface area contributed by atoms with E-state index in [0.717, 1.165) is 0 Å². The van der Waals surface area contributed by atoms with Gasteiger partial charge < -0.3 is 9.67 Å². The third-order valence-corrected chi connectivity index (χ3v) is 1.12. The van der Waals surface area contributed by atoms with Gasteiger partial charge in [-0.1, -0.05) is 0 Å². The summed E-state index contributed by atoms with van der Waals surface area (Å²) in [5.41, 5.74) is 5.13. The van der Waals surface area contributed by atoms with Gasteiger partial charge in [-0.15, -0.1) is 0 Å². The van der Waals surface area contributed by atoms with Gasteiger partial charge in [-0.2, -0.15) is 0 Å². The van der Waals surface area contributed by atoms with Gasteiger partial charge in [0, 0.05) is 19.4 Å². The predicted molar refractivity (Wildman–Crippen MR) is 32.4 cm³/mol. The number of aliphatic hydroxyl groups excluding tert-OH is 1. The van der Waals surface area contributed by atoms with Crippen molar-refractivity contribution in [3.8, 4) is 0 Å². The Morgan fingerprint density at radius 3 is 2.78 bits per heavy atom. The summed E-state index contributed by atoms with van der Waals surface area (Å²) in [7, 11) is 1.78. The maximum atomic E-state index is 8.79. The summed E-state index contributed by atoms with van der Waals surface area (Å²) in [6.45, 7) is 0. The molecule has 1 aromatic rings. The van der Waals surface area contributed by atoms with Crippen LogP contribution in [0.3, 0.4) is 0 Å². The molecule has 1 atom stereocenters. The lowest BCUT2D eigenvalue weighted by atomic mass is 10.5. The van der Waals surface area contributed by atoms with Crippen LogP contribution in [0, 0.1) is 0 Å². The molecule has 1 aromatic heterocycles. The summed E-state index contributed by atoms with van der Waals surface area (Å²) >= 11 is 0. The highest BCUT2D eigenvalue weighted by Crippen LogP contribution is 2.00. The zero-order valence-corrected chi connectivity index (χ0v) is 5.15. The summed E-state index contributed by atoms with van der Waals surface area (Å²) < 4.78 is 1.67. The molecule has 0 saturated heterocycles. The Morgan fingerprint density at radius 2 is 2.56 bits per heavy atom. The van der Waals surface area contributed by atoms with Gasteiger partial charge in [0.15, 0.2) is 12.1 Å². The van der Waals surface area contributed by atoms with E-state index >= 15 is 0 Å². The minimum absolute atomic E-state index is 0.481. The summed E-state index contributed by atoms with van der Waals surface area (Å²) in [5, 5.41) is 8.79. The van der Waals surface area contributed by atoms with Crippen LogP contribution in [0.25, 0.3) is 0 Å². The zero-order chi connectivity index (χ0) is 6.85. The summed E-state index contributed by atoms with van der Waals surface area (Å²) in [6.07, 6.45) is 2.35. The van der Waals surface area contributed by atoms with Gasteiger partial charge in [0.05, 0.1) is 0 Å². The first-order valence-corrected chi connectivity index (χ1v) is 2.62. The Bertz CT molecular complexity index is 194. The highest BCUT2D eigenvalue weighted by atomic mass is 16.3. The molecule has 1 rings (SSSR count). The second-order valence-electron chi connectivity index (χ2n) is 1.84. The highest BCUT2D eigenvalue weighted by Gasteiger charge is 2.03. The Labute approximate surface area is 52.9 Å². The number of imidazole rings is 1. The molecule has 0 aliphatic rings. The van der Waals surface area contributed by atoms with Crippen molar-refractivity contribution < 1.29 is 5.11 Å². The van der Waals surface area contributed by atoms with Crippen molar-refractivity contribution in [2.45, 2.75) is 6.23 Å². The number of hydrogen-bond acceptors (Lipinski definition) is 3. The number of hydrogen-bond donors (Lipinski definition) is 2. The van der Waals surface area contributed by atoms with E-state index in [1.807, 2.05) is 0 Å². The third-order valence-electron chi connectivity index (χ3n) is 1.12. The number of nitrogens with two attached hydrogens (primary N) is 1. The van der Waals surface area contributed by atoms with Crippen LogP contribution < -0.4 is 5.73 Å². The van der Waals surface area contributed by atoms with E-state index in [4.69, 9.17) is 10.8 Å². The first-order chi connectivity index (χ1) is 4.22. The van der Waals surface area contributed by atoms with Crippen molar-refractivity contribution in [3.05, 3.63) is 18.2 Å². The fraction of sp³-hybridized carbons (Fsp3) is 0.400. The molecular formula is C5H9N3O. The van der Waals surface area contributed by atoms with Crippen LogP contribution in [-0.2, 0) is 7.05 Å². The van der Waals surface area contributed by atoms with E-state index in [0.29, 0.717) is 5.82 Å². The smallest absolute Gasteiger partial charge is 0.161 e. The van der Waals surface area contributed by atoms with Crippen molar-refractivity contribution in [3.63, 3.8) is 0 Å². The zero-order valence-electron chi connectivity index (χ0n) is 5.15. The maximum Gasteiger partial charge on any atom is 0.161 e. The minimum atomic E-state index is -0.968. The topological polar surface area (TPSA) is 64.1 Å². The molecule has 4 heteroatoms. The monoisotopic (exact) mass is 127 g/mol. The normalized spacial score (nSPS) is 13.7. The van der Waals surface area contributed by atoms with E-state index in [1.54, 1.807) is 24.0 Å². The Hall–Kier alpha value is -0.870. The second-order valence-corrected chi connectivity index (χ2v) is 1.84. The third kappa shape index (κ3) is 1.09. The molecule has 0 saturated carbocycles. The van der Waals surface area contributed by atoms with Gasteiger partial charge in [-0.25, -0.2) is 4.98 Å². The molecule has 50 valence electrons. The highest BCUT2D eigenvalue weighted by molar-refractivity contribution is 4.92. The molecule has 0 fully saturated rings. The number of aryl methyl sites for hydroxylation is 1. The summed E-state index contributed by atoms with van der Waals surface area (Å²) in [5.74, 6) is 0.481. The average Bonchev–Trinajstić information content (AvgIpc) is 2.13. The SMILES string of the molecule is Cn1ccnc1C(N)O. The number of rotatable bonds is 1. The van der Waals surface area contributed by atoms with E-state index in [1.165, 1.54) is 0 Å². The van der Waals surface area contributed by atoms with Crippen LogP contribution in [0.1, 0.15) is 12.1 Å². The molecule has 0 radical (unpaired) electrons. The van der Waals surface area contributed by atoms with Crippen LogP contribution in [0.5, 0.6) is 0 Å². The molecule has 4 nitrogen and oxygen atoms in total. The van der Waals surface area contributed by atoms with Crippen LogP contribution in [0.15, 0.2) is 12.4 Å². The van der Waals surface area contributed by atoms with Crippen molar-refractivity contribution in [2.24, 2.45) is 12.8 Å². The molecule has 0 aliphatic carbocycles. The Morgan fingerprint density at radius 1 is 1.89 bits per heavy atom. The molecule has 0 aliphatic heterocycles. The average molecular weight is 127 g/mol. The van der Waals surface area contributed by atoms with Crippen LogP contribution >= 0.6 is 0 Å². The fourth-order valence-electron chi connectivity index (χ4n) is 0.662. The van der Waals surface area contributed by atoms with Crippen molar-refractivity contribution in [2.75, 3.05) is 0 Å². The van der Waals surface area contributed by atoms with E-state index < -0.39 is 6.23 Å². The van der Waals surface area contributed by atoms with Crippen LogP contribution in [-0.4, -0.2) is 14.7 Å². The Balaban J connectivity index is 2.94. The van der Waals surface area contributed by atoms with E-state index in [9.17, 15) is 0 Å². The van der Waals surface area contributed by atoms with E-state index in [-0.39, 0.29) is 0 Å². The van der Waals surface area contributed by atoms with Crippen molar-refractivity contribution in [1.29, 1.82) is 0 Å². The van der Waals surface area contributed by atoms with Crippen LogP contribution in [0.4, 0.5) is 0 Å². The Kier molecular flexibility index (Phi) is 1.50. The largest absolute Gasteiger partial charge is 0.371 e. The lowest BCUT2D eigenvalue weighted by Crippen LogP contribution is -2.13. The van der Waals surface area contributed by atoms with Gasteiger partial charge in [0.2, 0.25) is 0 Å². The lowest BCUT2D eigenvalue weighted by Gasteiger charge is -2.01. The molecule has 0 amide bonds. The maximum absolute atomic E-state index is 8.79. The van der Waals surface area contributed by atoms with Crippen molar-refractivity contribution >= 4 is 0 Å². The first-order valence-electron chi connectivity index (χ1n) is 2.62. The summed E-state index contributed by atoms with van der Waals surface area (Å²) in [4.78, 5) is 3.80. The lowest BCUT2D eigenvalue weighted by molar-refractivity contribution is 0.172. The van der Waals surface area contributed by atoms with Gasteiger partial charge in [-0.05, 0) is 0 Å². The standard InChI is InChI=1S/C5H9N3O/c1-8-3-2-7-5(8)4(6)9/h2-4,9H,6H2,1H3. The molecule has 0 bridgehead atoms. The molecule has 1 heterocycles. The molecule has 1 unspecified atom stereocenters. The van der Waals surface area contributed by atoms with Gasteiger partial charge in [0.1, 0.15) is 0 Å². The minimum Gasteiger partial charge on any atom is -0.371 e. The number of aromatic nitrogens is 2. The number of nitrogens with zero attached hydrogens (tertiary/aromatic N) is 2. The molecule has 3 N–H and O–H groups in total. The predicted octanol–water partition coefficient (Wildman–Crippen LogP) is -0.630. The number of aliphatic hydroxyl groups is 1. The summed E-state index contributed by atoms with van der Waals surface area (Å²) in [6, 6.07) is 0.